The zero-order chi connectivity index (χ0) is 25.4. The van der Waals surface area contributed by atoms with E-state index >= 15 is 0 Å². The summed E-state index contributed by atoms with van der Waals surface area (Å²) in [7, 11) is 0. The zero-order valence-electron chi connectivity index (χ0n) is 20.6. The lowest BCUT2D eigenvalue weighted by Gasteiger charge is -2.32. The largest absolute Gasteiger partial charge is 0.441 e. The fourth-order valence-electron chi connectivity index (χ4n) is 3.98. The first-order valence-corrected chi connectivity index (χ1v) is 11.8. The molecule has 0 fully saturated rings. The molecule has 0 aromatic heterocycles. The maximum atomic E-state index is 13.5. The summed E-state index contributed by atoms with van der Waals surface area (Å²) in [4.78, 5) is 26.6. The van der Waals surface area contributed by atoms with Crippen molar-refractivity contribution in [3.63, 3.8) is 0 Å². The molecule has 0 aliphatic heterocycles. The van der Waals surface area contributed by atoms with Gasteiger partial charge in [-0.15, -0.1) is 0 Å². The number of ether oxygens (including phenoxy) is 1. The average molecular weight is 477 g/mol. The third-order valence-electron chi connectivity index (χ3n) is 5.96. The molecule has 0 heterocycles. The fraction of sp³-hybridized carbons (Fsp3) is 0.310. The SMILES string of the molecule is CC(NC(=O)C(C)(Cc1ccccc1)NC(=O)OC(c1ccc(F)cc1)C(C)C)c1ccccc1. The number of carbonyl (C=O) groups excluding carboxylic acids is 2. The summed E-state index contributed by atoms with van der Waals surface area (Å²) < 4.78 is 19.2. The molecule has 0 spiro atoms. The molecule has 3 aromatic carbocycles. The van der Waals surface area contributed by atoms with Gasteiger partial charge in [0.15, 0.2) is 0 Å². The van der Waals surface area contributed by atoms with Crippen molar-refractivity contribution in [1.82, 2.24) is 10.6 Å². The van der Waals surface area contributed by atoms with Crippen molar-refractivity contribution in [3.8, 4) is 0 Å². The van der Waals surface area contributed by atoms with Crippen LogP contribution < -0.4 is 10.6 Å². The van der Waals surface area contributed by atoms with E-state index in [1.165, 1.54) is 12.1 Å². The Balaban J connectivity index is 1.80. The van der Waals surface area contributed by atoms with Gasteiger partial charge in [0.25, 0.3) is 0 Å². The third-order valence-corrected chi connectivity index (χ3v) is 5.96. The van der Waals surface area contributed by atoms with Crippen molar-refractivity contribution >= 4 is 12.0 Å². The summed E-state index contributed by atoms with van der Waals surface area (Å²) in [6.07, 6.45) is -1.03. The lowest BCUT2D eigenvalue weighted by molar-refractivity contribution is -0.127. The van der Waals surface area contributed by atoms with Crippen molar-refractivity contribution in [3.05, 3.63) is 107 Å². The molecule has 0 aliphatic carbocycles. The Kier molecular flexibility index (Phi) is 8.63. The highest BCUT2D eigenvalue weighted by molar-refractivity contribution is 5.90. The first-order valence-electron chi connectivity index (χ1n) is 11.8. The van der Waals surface area contributed by atoms with E-state index in [4.69, 9.17) is 4.74 Å². The fourth-order valence-corrected chi connectivity index (χ4v) is 3.98. The number of nitrogens with one attached hydrogen (secondary N) is 2. The van der Waals surface area contributed by atoms with E-state index in [9.17, 15) is 14.0 Å². The van der Waals surface area contributed by atoms with Crippen molar-refractivity contribution in [1.29, 1.82) is 0 Å². The van der Waals surface area contributed by atoms with Crippen LogP contribution in [0.1, 0.15) is 56.5 Å². The van der Waals surface area contributed by atoms with Crippen LogP contribution in [0, 0.1) is 11.7 Å². The van der Waals surface area contributed by atoms with Gasteiger partial charge < -0.3 is 15.4 Å². The minimum absolute atomic E-state index is 0.0569. The van der Waals surface area contributed by atoms with Crippen molar-refractivity contribution in [2.24, 2.45) is 5.92 Å². The number of carbonyl (C=O) groups is 2. The van der Waals surface area contributed by atoms with Crippen LogP contribution in [0.4, 0.5) is 9.18 Å². The van der Waals surface area contributed by atoms with Gasteiger partial charge in [-0.3, -0.25) is 4.79 Å². The second-order valence-electron chi connectivity index (χ2n) is 9.35. The highest BCUT2D eigenvalue weighted by Crippen LogP contribution is 2.27. The van der Waals surface area contributed by atoms with Crippen LogP contribution in [0.15, 0.2) is 84.9 Å². The van der Waals surface area contributed by atoms with Crippen molar-refractivity contribution < 1.29 is 18.7 Å². The van der Waals surface area contributed by atoms with Crippen LogP contribution in [0.5, 0.6) is 0 Å². The Bertz CT molecular complexity index is 1100. The molecule has 0 aliphatic rings. The number of rotatable bonds is 9. The normalized spacial score (nSPS) is 14.5. The van der Waals surface area contributed by atoms with Crippen LogP contribution in [0.3, 0.4) is 0 Å². The van der Waals surface area contributed by atoms with E-state index in [-0.39, 0.29) is 30.1 Å². The van der Waals surface area contributed by atoms with E-state index in [1.54, 1.807) is 19.1 Å². The Labute approximate surface area is 206 Å². The molecule has 0 saturated carbocycles. The smallest absolute Gasteiger partial charge is 0.408 e. The molecular weight excluding hydrogens is 443 g/mol. The van der Waals surface area contributed by atoms with Gasteiger partial charge in [-0.05, 0) is 48.6 Å². The maximum absolute atomic E-state index is 13.5. The topological polar surface area (TPSA) is 67.4 Å². The summed E-state index contributed by atoms with van der Waals surface area (Å²) in [5.74, 6) is -0.739. The van der Waals surface area contributed by atoms with Gasteiger partial charge in [-0.25, -0.2) is 9.18 Å². The molecule has 2 N–H and O–H groups in total. The predicted molar refractivity (Wildman–Crippen MR) is 135 cm³/mol. The molecule has 3 rings (SSSR count). The number of hydrogen-bond donors (Lipinski definition) is 2. The summed E-state index contributed by atoms with van der Waals surface area (Å²) in [6, 6.07) is 24.8. The summed E-state index contributed by atoms with van der Waals surface area (Å²) in [5.41, 5.74) is 1.27. The molecule has 0 saturated heterocycles. The zero-order valence-corrected chi connectivity index (χ0v) is 20.6. The van der Waals surface area contributed by atoms with Crippen LogP contribution in [-0.2, 0) is 16.0 Å². The quantitative estimate of drug-likeness (QED) is 0.391. The van der Waals surface area contributed by atoms with Gasteiger partial charge in [-0.2, -0.15) is 0 Å². The molecule has 0 radical (unpaired) electrons. The maximum Gasteiger partial charge on any atom is 0.408 e. The summed E-state index contributed by atoms with van der Waals surface area (Å²) >= 11 is 0. The highest BCUT2D eigenvalue weighted by atomic mass is 19.1. The lowest BCUT2D eigenvalue weighted by atomic mass is 9.91. The molecule has 0 bridgehead atoms. The first-order chi connectivity index (χ1) is 16.7. The standard InChI is InChI=1S/C29H33FN2O3/c1-20(2)26(24-15-17-25(30)18-16-24)35-28(34)32-29(4,19-22-11-7-5-8-12-22)27(33)31-21(3)23-13-9-6-10-14-23/h5-18,20-21,26H,19H2,1-4H3,(H,31,33)(H,32,34). The van der Waals surface area contributed by atoms with Gasteiger partial charge in [0.2, 0.25) is 5.91 Å². The molecule has 3 atom stereocenters. The van der Waals surface area contributed by atoms with E-state index in [0.717, 1.165) is 11.1 Å². The Morgan fingerprint density at radius 3 is 2.00 bits per heavy atom. The molecule has 184 valence electrons. The van der Waals surface area contributed by atoms with Crippen LogP contribution in [-0.4, -0.2) is 17.5 Å². The van der Waals surface area contributed by atoms with E-state index in [2.05, 4.69) is 10.6 Å². The van der Waals surface area contributed by atoms with Crippen molar-refractivity contribution in [2.75, 3.05) is 0 Å². The van der Waals surface area contributed by atoms with Gasteiger partial charge in [0.05, 0.1) is 6.04 Å². The highest BCUT2D eigenvalue weighted by Gasteiger charge is 2.37. The Morgan fingerprint density at radius 1 is 0.857 bits per heavy atom. The second-order valence-corrected chi connectivity index (χ2v) is 9.35. The van der Waals surface area contributed by atoms with Crippen LogP contribution >= 0.6 is 0 Å². The van der Waals surface area contributed by atoms with Gasteiger partial charge >= 0.3 is 6.09 Å². The molecule has 2 amide bonds. The van der Waals surface area contributed by atoms with Gasteiger partial charge in [-0.1, -0.05) is 86.6 Å². The first kappa shape index (κ1) is 25.9. The van der Waals surface area contributed by atoms with Crippen molar-refractivity contribution in [2.45, 2.75) is 51.8 Å². The molecule has 6 heteroatoms. The Morgan fingerprint density at radius 2 is 1.43 bits per heavy atom. The minimum atomic E-state index is -1.27. The summed E-state index contributed by atoms with van der Waals surface area (Å²) in [5, 5.41) is 5.84. The molecule has 35 heavy (non-hydrogen) atoms. The van der Waals surface area contributed by atoms with Crippen LogP contribution in [0.25, 0.3) is 0 Å². The molecular formula is C29H33FN2O3. The molecule has 3 unspecified atom stereocenters. The third kappa shape index (κ3) is 7.15. The number of halogens is 1. The second kappa shape index (κ2) is 11.6. The average Bonchev–Trinajstić information content (AvgIpc) is 2.84. The predicted octanol–water partition coefficient (Wildman–Crippen LogP) is 6.13. The minimum Gasteiger partial charge on any atom is -0.441 e. The van der Waals surface area contributed by atoms with Crippen LogP contribution in [0.2, 0.25) is 0 Å². The number of alkyl carbamates (subject to hydrolysis) is 1. The lowest BCUT2D eigenvalue weighted by Crippen LogP contribution is -2.58. The molecule has 5 nitrogen and oxygen atoms in total. The summed E-state index contributed by atoms with van der Waals surface area (Å²) in [6.45, 7) is 7.42. The number of benzene rings is 3. The van der Waals surface area contributed by atoms with E-state index < -0.39 is 17.7 Å². The monoisotopic (exact) mass is 476 g/mol. The molecule has 3 aromatic rings. The van der Waals surface area contributed by atoms with E-state index in [0.29, 0.717) is 5.56 Å². The van der Waals surface area contributed by atoms with Gasteiger partial charge in [0.1, 0.15) is 17.5 Å². The Hall–Kier alpha value is -3.67. The number of amides is 2. The van der Waals surface area contributed by atoms with E-state index in [1.807, 2.05) is 81.4 Å². The van der Waals surface area contributed by atoms with Gasteiger partial charge in [0, 0.05) is 6.42 Å². The number of hydrogen-bond acceptors (Lipinski definition) is 3.